The van der Waals surface area contributed by atoms with E-state index in [2.05, 4.69) is 0 Å². The summed E-state index contributed by atoms with van der Waals surface area (Å²) in [6, 6.07) is 0. The Morgan fingerprint density at radius 1 is 0.560 bits per heavy atom. The molecule has 0 saturated heterocycles. The minimum absolute atomic E-state index is 0. The van der Waals surface area contributed by atoms with Crippen LogP contribution in [-0.2, 0) is 23.9 Å². The number of alkyl halides is 12. The van der Waals surface area contributed by atoms with Gasteiger partial charge in [0.2, 0.25) is 0 Å². The summed E-state index contributed by atoms with van der Waals surface area (Å²) in [7, 11) is -15.8. The van der Waals surface area contributed by atoms with Gasteiger partial charge in [-0.2, -0.15) is 69.5 Å². The van der Waals surface area contributed by atoms with Crippen molar-refractivity contribution >= 4 is 39.1 Å². The second-order valence-corrected chi connectivity index (χ2v) is 6.92. The van der Waals surface area contributed by atoms with Crippen LogP contribution < -0.4 is 0 Å². The maximum Gasteiger partial charge on any atom is 0.524 e. The Morgan fingerprint density at radius 3 is 1.12 bits per heavy atom. The third kappa shape index (κ3) is 4.31. The monoisotopic (exact) mass is 439 g/mol. The summed E-state index contributed by atoms with van der Waals surface area (Å²) in [4.78, 5) is 0. The quantitative estimate of drug-likeness (QED) is 0.373. The molecule has 0 rings (SSSR count). The van der Waals surface area contributed by atoms with Crippen LogP contribution in [0.4, 0.5) is 52.7 Å². The molecular weight excluding hydrogens is 439 g/mol. The Bertz CT molecular complexity index is 688. The van der Waals surface area contributed by atoms with Gasteiger partial charge in [-0.15, -0.1) is 3.63 Å². The van der Waals surface area contributed by atoms with E-state index in [-0.39, 0.29) is 18.9 Å². The normalized spacial score (nSPS) is 15.7. The number of rotatable bonds is 5. The molecule has 0 aromatic rings. The molecule has 1 radical (unpaired) electrons. The fourth-order valence-corrected chi connectivity index (χ4v) is 2.75. The first-order chi connectivity index (χ1) is 9.96. The maximum absolute atomic E-state index is 12.8. The second-order valence-electron chi connectivity index (χ2n) is 3.59. The topological polar surface area (TPSA) is 77.5 Å². The van der Waals surface area contributed by atoms with Crippen molar-refractivity contribution in [2.45, 2.75) is 28.8 Å². The van der Waals surface area contributed by atoms with Gasteiger partial charge in [0.25, 0.3) is 0 Å². The van der Waals surface area contributed by atoms with E-state index < -0.39 is 49.0 Å². The van der Waals surface area contributed by atoms with Gasteiger partial charge in [0.15, 0.2) is 0 Å². The Balaban J connectivity index is 0. The minimum Gasteiger partial charge on any atom is -0.192 e. The average Bonchev–Trinajstić information content (AvgIpc) is 2.23. The van der Waals surface area contributed by atoms with E-state index in [1.165, 1.54) is 0 Å². The molecule has 0 bridgehead atoms. The summed E-state index contributed by atoms with van der Waals surface area (Å²) in [6.07, 6.45) is -7.49. The van der Waals surface area contributed by atoms with E-state index in [0.29, 0.717) is 0 Å². The van der Waals surface area contributed by atoms with Crippen LogP contribution in [0.2, 0.25) is 0 Å². The molecule has 0 aromatic heterocycles. The van der Waals surface area contributed by atoms with E-state index in [0.717, 1.165) is 0 Å². The summed E-state index contributed by atoms with van der Waals surface area (Å²) in [5, 5.41) is -7.72. The fourth-order valence-electron chi connectivity index (χ4n) is 0.717. The minimum atomic E-state index is -8.17. The van der Waals surface area contributed by atoms with Gasteiger partial charge in [-0.25, -0.2) is 0 Å². The zero-order valence-corrected chi connectivity index (χ0v) is 12.5. The van der Waals surface area contributed by atoms with Gasteiger partial charge in [-0.05, 0) is 0 Å². The van der Waals surface area contributed by atoms with Crippen molar-refractivity contribution in [1.82, 2.24) is 0 Å². The predicted molar refractivity (Wildman–Crippen MR) is 51.6 cm³/mol. The van der Waals surface area contributed by atoms with Crippen LogP contribution >= 0.6 is 0 Å². The van der Waals surface area contributed by atoms with Gasteiger partial charge in [0.1, 0.15) is 0 Å². The molecular formula is C5F12LiO5S2. The largest absolute Gasteiger partial charge is 0.524 e. The molecule has 0 unspecified atom stereocenters. The molecule has 0 aliphatic carbocycles. The van der Waals surface area contributed by atoms with Gasteiger partial charge < -0.3 is 0 Å². The van der Waals surface area contributed by atoms with Crippen molar-refractivity contribution in [3.63, 3.8) is 0 Å². The molecule has 5 nitrogen and oxygen atoms in total. The van der Waals surface area contributed by atoms with Gasteiger partial charge in [0, 0.05) is 18.9 Å². The number of hydrogen-bond acceptors (Lipinski definition) is 5. The molecule has 0 spiro atoms. The van der Waals surface area contributed by atoms with Gasteiger partial charge >= 0.3 is 49.0 Å². The third-order valence-electron chi connectivity index (χ3n) is 1.89. The SMILES string of the molecule is O=S(=O)(OS(=O)(=O)C(F)(F)C(F)(F)C(F)(F)C(F)(F)F)C(F)(F)F.[Li]. The van der Waals surface area contributed by atoms with Gasteiger partial charge in [-0.1, -0.05) is 0 Å². The predicted octanol–water partition coefficient (Wildman–Crippen LogP) is 2.23. The van der Waals surface area contributed by atoms with E-state index in [1.807, 2.05) is 0 Å². The zero-order valence-electron chi connectivity index (χ0n) is 10.9. The molecule has 147 valence electrons. The van der Waals surface area contributed by atoms with E-state index in [1.54, 1.807) is 3.63 Å². The average molecular weight is 439 g/mol. The van der Waals surface area contributed by atoms with Crippen LogP contribution in [0, 0.1) is 0 Å². The van der Waals surface area contributed by atoms with Gasteiger partial charge in [0.05, 0.1) is 0 Å². The Kier molecular flexibility index (Phi) is 7.14. The van der Waals surface area contributed by atoms with Crippen LogP contribution in [0.5, 0.6) is 0 Å². The van der Waals surface area contributed by atoms with Crippen molar-refractivity contribution in [2.24, 2.45) is 0 Å². The van der Waals surface area contributed by atoms with Crippen molar-refractivity contribution in [3.05, 3.63) is 0 Å². The molecule has 0 aliphatic heterocycles. The molecule has 0 aliphatic rings. The number of halogens is 12. The molecule has 25 heavy (non-hydrogen) atoms. The molecule has 0 amide bonds. The van der Waals surface area contributed by atoms with Crippen LogP contribution in [0.1, 0.15) is 0 Å². The molecule has 0 aromatic carbocycles. The summed E-state index contributed by atoms with van der Waals surface area (Å²) < 4.78 is 189. The Morgan fingerprint density at radius 2 is 0.880 bits per heavy atom. The van der Waals surface area contributed by atoms with Crippen molar-refractivity contribution in [2.75, 3.05) is 0 Å². The maximum atomic E-state index is 12.8. The van der Waals surface area contributed by atoms with Crippen LogP contribution in [-0.4, -0.2) is 64.5 Å². The summed E-state index contributed by atoms with van der Waals surface area (Å²) in [5.41, 5.74) is -6.81. The smallest absolute Gasteiger partial charge is 0.192 e. The van der Waals surface area contributed by atoms with Gasteiger partial charge in [-0.3, -0.25) is 0 Å². The fraction of sp³-hybridized carbons (Fsp3) is 1.00. The van der Waals surface area contributed by atoms with E-state index in [9.17, 15) is 69.5 Å². The summed E-state index contributed by atoms with van der Waals surface area (Å²) in [5.74, 6) is -15.7. The molecule has 0 atom stereocenters. The third-order valence-corrected chi connectivity index (χ3v) is 4.78. The van der Waals surface area contributed by atoms with Crippen molar-refractivity contribution < 1.29 is 73.1 Å². The molecule has 0 heterocycles. The first kappa shape index (κ1) is 26.8. The summed E-state index contributed by atoms with van der Waals surface area (Å²) >= 11 is 0. The molecule has 0 saturated carbocycles. The molecule has 0 fully saturated rings. The van der Waals surface area contributed by atoms with E-state index >= 15 is 0 Å². The second kappa shape index (κ2) is 6.65. The van der Waals surface area contributed by atoms with Crippen LogP contribution in [0.25, 0.3) is 0 Å². The first-order valence-electron chi connectivity index (χ1n) is 4.43. The summed E-state index contributed by atoms with van der Waals surface area (Å²) in [6.45, 7) is 0. The van der Waals surface area contributed by atoms with Crippen molar-refractivity contribution in [1.29, 1.82) is 0 Å². The van der Waals surface area contributed by atoms with Crippen LogP contribution in [0.15, 0.2) is 0 Å². The standard InChI is InChI=1S/C5F12O5S2.Li/c6-1(7,3(10,11)12)2(8,9)4(13,14)23(18,19)22-24(20,21)5(15,16)17;. The zero-order chi connectivity index (χ0) is 20.2. The van der Waals surface area contributed by atoms with Crippen LogP contribution in [0.3, 0.4) is 0 Å². The molecule has 0 N–H and O–H groups in total. The number of hydrogen-bond donors (Lipinski definition) is 0. The van der Waals surface area contributed by atoms with E-state index in [4.69, 9.17) is 0 Å². The molecule has 20 heteroatoms. The Labute approximate surface area is 141 Å². The van der Waals surface area contributed by atoms with Crippen molar-refractivity contribution in [3.8, 4) is 0 Å². The first-order valence-corrected chi connectivity index (χ1v) is 7.24. The Hall–Kier alpha value is -0.383.